The molecular formula is C30H25ClN2O7S. The summed E-state index contributed by atoms with van der Waals surface area (Å²) in [6.45, 7) is -0.395. The second-order valence-corrected chi connectivity index (χ2v) is 10.6. The van der Waals surface area contributed by atoms with Crippen LogP contribution in [0.25, 0.3) is 0 Å². The van der Waals surface area contributed by atoms with Crippen molar-refractivity contribution >= 4 is 47.4 Å². The molecule has 210 valence electrons. The van der Waals surface area contributed by atoms with Crippen molar-refractivity contribution in [3.63, 3.8) is 0 Å². The Morgan fingerprint density at radius 1 is 1.02 bits per heavy atom. The fraction of sp³-hybridized carbons (Fsp3) is 0.200. The van der Waals surface area contributed by atoms with Gasteiger partial charge in [0.1, 0.15) is 17.4 Å². The molecule has 41 heavy (non-hydrogen) atoms. The van der Waals surface area contributed by atoms with Gasteiger partial charge in [0.15, 0.2) is 18.8 Å². The van der Waals surface area contributed by atoms with Crippen LogP contribution in [0.3, 0.4) is 0 Å². The number of halogens is 1. The molecule has 0 bridgehead atoms. The van der Waals surface area contributed by atoms with Gasteiger partial charge in [-0.2, -0.15) is 0 Å². The molecule has 2 aliphatic heterocycles. The summed E-state index contributed by atoms with van der Waals surface area (Å²) in [5.41, 5.74) is -0.266. The molecule has 3 aromatic carbocycles. The highest BCUT2D eigenvalue weighted by Gasteiger charge is 2.67. The molecule has 1 saturated heterocycles. The van der Waals surface area contributed by atoms with Crippen LogP contribution >= 0.6 is 23.4 Å². The van der Waals surface area contributed by atoms with Crippen molar-refractivity contribution in [2.24, 2.45) is 0 Å². The number of ether oxygens (including phenoxy) is 3. The molecule has 0 aliphatic carbocycles. The summed E-state index contributed by atoms with van der Waals surface area (Å²) >= 11 is 6.96. The van der Waals surface area contributed by atoms with Gasteiger partial charge in [0.25, 0.3) is 17.5 Å². The zero-order valence-corrected chi connectivity index (χ0v) is 23.3. The average molecular weight is 593 g/mol. The van der Waals surface area contributed by atoms with Crippen molar-refractivity contribution in [1.29, 1.82) is 0 Å². The zero-order chi connectivity index (χ0) is 29.0. The second-order valence-electron chi connectivity index (χ2n) is 9.21. The van der Waals surface area contributed by atoms with Crippen molar-refractivity contribution in [3.05, 3.63) is 112 Å². The molecule has 0 radical (unpaired) electrons. The van der Waals surface area contributed by atoms with E-state index in [9.17, 15) is 19.2 Å². The van der Waals surface area contributed by atoms with Gasteiger partial charge in [-0.1, -0.05) is 72.3 Å². The topological polar surface area (TPSA) is 111 Å². The Kier molecular flexibility index (Phi) is 8.44. The molecule has 3 atom stereocenters. The number of nitrogens with one attached hydrogen (secondary N) is 1. The van der Waals surface area contributed by atoms with Gasteiger partial charge in [-0.15, -0.1) is 11.8 Å². The summed E-state index contributed by atoms with van der Waals surface area (Å²) in [6.07, 6.45) is -0.257. The van der Waals surface area contributed by atoms with Crippen LogP contribution in [0, 0.1) is 0 Å². The number of hydrogen-bond donors (Lipinski definition) is 1. The van der Waals surface area contributed by atoms with Gasteiger partial charge in [0.05, 0.1) is 0 Å². The molecule has 3 aromatic rings. The average Bonchev–Trinajstić information content (AvgIpc) is 3.02. The Morgan fingerprint density at radius 3 is 2.20 bits per heavy atom. The van der Waals surface area contributed by atoms with E-state index in [1.165, 1.54) is 17.4 Å². The quantitative estimate of drug-likeness (QED) is 0.163. The maximum Gasteiger partial charge on any atom is 0.334 e. The van der Waals surface area contributed by atoms with Crippen LogP contribution in [0.15, 0.2) is 95.9 Å². The molecule has 1 N–H and O–H groups in total. The van der Waals surface area contributed by atoms with Gasteiger partial charge in [-0.25, -0.2) is 4.79 Å². The lowest BCUT2D eigenvalue weighted by Gasteiger charge is -2.57. The lowest BCUT2D eigenvalue weighted by molar-refractivity contribution is -0.203. The van der Waals surface area contributed by atoms with E-state index >= 15 is 0 Å². The van der Waals surface area contributed by atoms with Gasteiger partial charge < -0.3 is 24.4 Å². The monoisotopic (exact) mass is 592 g/mol. The number of hydrogen-bond acceptors (Lipinski definition) is 8. The summed E-state index contributed by atoms with van der Waals surface area (Å²) in [4.78, 5) is 53.2. The van der Waals surface area contributed by atoms with E-state index in [0.717, 1.165) is 22.9 Å². The number of methoxy groups -OCH3 is 1. The number of esters is 1. The molecule has 0 spiro atoms. The number of aldehydes is 1. The van der Waals surface area contributed by atoms with Gasteiger partial charge in [-0.05, 0) is 40.8 Å². The fourth-order valence-corrected chi connectivity index (χ4v) is 6.09. The summed E-state index contributed by atoms with van der Waals surface area (Å²) in [5.74, 6) is -1.69. The molecular weight excluding hydrogens is 568 g/mol. The van der Waals surface area contributed by atoms with Crippen LogP contribution < -0.4 is 10.1 Å². The van der Waals surface area contributed by atoms with Crippen molar-refractivity contribution < 1.29 is 33.4 Å². The number of carbonyl (C=O) groups is 4. The van der Waals surface area contributed by atoms with Crippen LogP contribution in [0.4, 0.5) is 0 Å². The maximum absolute atomic E-state index is 13.7. The summed E-state index contributed by atoms with van der Waals surface area (Å²) in [5, 5.41) is 3.76. The Balaban J connectivity index is 1.35. The Morgan fingerprint density at radius 2 is 1.63 bits per heavy atom. The number of benzene rings is 3. The fourth-order valence-electron chi connectivity index (χ4n) is 4.70. The van der Waals surface area contributed by atoms with Crippen molar-refractivity contribution in [1.82, 2.24) is 10.2 Å². The summed E-state index contributed by atoms with van der Waals surface area (Å²) in [6, 6.07) is 23.4. The van der Waals surface area contributed by atoms with Gasteiger partial charge in [0, 0.05) is 17.7 Å². The highest BCUT2D eigenvalue weighted by atomic mass is 35.5. The zero-order valence-electron chi connectivity index (χ0n) is 21.8. The van der Waals surface area contributed by atoms with Crippen molar-refractivity contribution in [2.45, 2.75) is 23.2 Å². The smallest absolute Gasteiger partial charge is 0.334 e. The first-order valence-electron chi connectivity index (χ1n) is 12.6. The second kappa shape index (κ2) is 12.2. The number of rotatable bonds is 10. The minimum atomic E-state index is -1.77. The summed E-state index contributed by atoms with van der Waals surface area (Å²) in [7, 11) is 1.28. The number of amides is 2. The number of carbonyl (C=O) groups excluding carboxylic acids is 4. The number of fused-ring (bicyclic) bond motifs is 1. The predicted octanol–water partition coefficient (Wildman–Crippen LogP) is 3.88. The number of β-lactam (4-membered cyclic amide) rings is 1. The Hall–Kier alpha value is -4.12. The minimum absolute atomic E-state index is 0.0616. The van der Waals surface area contributed by atoms with E-state index in [0.29, 0.717) is 17.1 Å². The third kappa shape index (κ3) is 5.58. The van der Waals surface area contributed by atoms with Crippen LogP contribution in [0.2, 0.25) is 5.02 Å². The molecule has 2 amide bonds. The van der Waals surface area contributed by atoms with E-state index in [1.54, 1.807) is 24.3 Å². The molecule has 2 unspecified atom stereocenters. The molecule has 5 rings (SSSR count). The third-order valence-corrected chi connectivity index (χ3v) is 8.19. The molecule has 0 saturated carbocycles. The molecule has 2 heterocycles. The van der Waals surface area contributed by atoms with E-state index in [4.69, 9.17) is 25.8 Å². The number of thioether (sulfide) groups is 1. The van der Waals surface area contributed by atoms with Gasteiger partial charge >= 0.3 is 5.97 Å². The Labute approximate surface area is 245 Å². The largest absolute Gasteiger partial charge is 0.484 e. The van der Waals surface area contributed by atoms with Crippen molar-refractivity contribution in [2.75, 3.05) is 13.7 Å². The third-order valence-electron chi connectivity index (χ3n) is 6.71. The Bertz CT molecular complexity index is 1430. The number of nitrogens with zero attached hydrogens (tertiary/aromatic N) is 1. The molecule has 11 heteroatoms. The van der Waals surface area contributed by atoms with E-state index in [-0.39, 0.29) is 5.57 Å². The van der Waals surface area contributed by atoms with E-state index < -0.39 is 47.6 Å². The lowest BCUT2D eigenvalue weighted by atomic mass is 9.94. The van der Waals surface area contributed by atoms with Crippen LogP contribution in [-0.4, -0.2) is 59.8 Å². The van der Waals surface area contributed by atoms with Crippen LogP contribution in [0.5, 0.6) is 5.75 Å². The van der Waals surface area contributed by atoms with Gasteiger partial charge in [-0.3, -0.25) is 14.4 Å². The molecule has 9 nitrogen and oxygen atoms in total. The van der Waals surface area contributed by atoms with Crippen molar-refractivity contribution in [3.8, 4) is 5.75 Å². The highest BCUT2D eigenvalue weighted by molar-refractivity contribution is 8.03. The van der Waals surface area contributed by atoms with E-state index in [2.05, 4.69) is 5.32 Å². The lowest BCUT2D eigenvalue weighted by Crippen LogP contribution is -2.83. The first kappa shape index (κ1) is 28.4. The van der Waals surface area contributed by atoms with Crippen LogP contribution in [-0.2, 0) is 28.7 Å². The summed E-state index contributed by atoms with van der Waals surface area (Å²) < 4.78 is 17.0. The maximum atomic E-state index is 13.7. The molecule has 2 aliphatic rings. The standard InChI is InChI=1S/C30H25ClN2O7S/c1-38-30(32-24(35)17-39-23-14-12-22(31)13-15-23)28(37)33-25(21(16-34)18-41-29(30)33)27(36)40-26(19-8-4-2-5-9-19)20-10-6-3-7-11-20/h2-16,18,25-26,29H,17H2,1H3,(H,32,35)/t25?,29-,30?/m0/s1. The van der Waals surface area contributed by atoms with Crippen LogP contribution in [0.1, 0.15) is 17.2 Å². The van der Waals surface area contributed by atoms with Gasteiger partial charge in [0.2, 0.25) is 0 Å². The highest BCUT2D eigenvalue weighted by Crippen LogP contribution is 2.46. The molecule has 0 aromatic heterocycles. The predicted molar refractivity (Wildman–Crippen MR) is 152 cm³/mol. The first-order chi connectivity index (χ1) is 19.9. The van der Waals surface area contributed by atoms with E-state index in [1.807, 2.05) is 60.7 Å². The first-order valence-corrected chi connectivity index (χ1v) is 13.9. The minimum Gasteiger partial charge on any atom is -0.484 e. The normalized spacial score (nSPS) is 21.3. The molecule has 1 fully saturated rings. The SMILES string of the molecule is COC1(NC(=O)COc2ccc(Cl)cc2)C(=O)N2C(C(=O)OC(c3ccccc3)c3ccccc3)C(C=O)=CS[C@H]21.